The third-order valence-electron chi connectivity index (χ3n) is 4.67. The zero-order valence-electron chi connectivity index (χ0n) is 15.7. The average molecular weight is 462 g/mol. The Morgan fingerprint density at radius 1 is 1.13 bits per heavy atom. The fourth-order valence-corrected chi connectivity index (χ4v) is 3.62. The normalized spacial score (nSPS) is 16.9. The molecule has 1 atom stereocenters. The number of rotatable bonds is 6. The van der Waals surface area contributed by atoms with Crippen molar-refractivity contribution in [3.8, 4) is 0 Å². The van der Waals surface area contributed by atoms with Gasteiger partial charge in [0, 0.05) is 19.9 Å². The summed E-state index contributed by atoms with van der Waals surface area (Å²) in [6.07, 6.45) is -5.63. The SMILES string of the molecule is CNC1=C(c2cccc(C(F)(F)F)c2)C(=O)C(Cc2cccc(CC(Cl)Cl)c2F)O1. The summed E-state index contributed by atoms with van der Waals surface area (Å²) >= 11 is 11.4. The Bertz CT molecular complexity index is 989. The Labute approximate surface area is 180 Å². The Balaban J connectivity index is 1.89. The van der Waals surface area contributed by atoms with E-state index >= 15 is 0 Å². The summed E-state index contributed by atoms with van der Waals surface area (Å²) in [6, 6.07) is 9.09. The molecule has 1 aliphatic rings. The molecule has 0 spiro atoms. The summed E-state index contributed by atoms with van der Waals surface area (Å²) in [4.78, 5) is 12.2. The van der Waals surface area contributed by atoms with E-state index < -0.39 is 34.3 Å². The quantitative estimate of drug-likeness (QED) is 0.469. The summed E-state index contributed by atoms with van der Waals surface area (Å²) in [6.45, 7) is 0. The second-order valence-electron chi connectivity index (χ2n) is 6.69. The molecule has 1 unspecified atom stereocenters. The van der Waals surface area contributed by atoms with Crippen LogP contribution in [0.3, 0.4) is 0 Å². The Morgan fingerprint density at radius 2 is 1.80 bits per heavy atom. The van der Waals surface area contributed by atoms with E-state index in [2.05, 4.69) is 5.32 Å². The summed E-state index contributed by atoms with van der Waals surface area (Å²) in [5.74, 6) is -1.03. The average Bonchev–Trinajstić information content (AvgIpc) is 2.99. The highest BCUT2D eigenvalue weighted by Gasteiger charge is 2.38. The standard InChI is InChI=1S/C21H17Cl2F4NO2/c1-28-20-17(11-4-3-7-14(8-11)21(25,26)27)19(29)15(30-20)9-12-5-2-6-13(18(12)24)10-16(22)23/h2-8,15-16,28H,9-10H2,1H3. The predicted octanol–water partition coefficient (Wildman–Crippen LogP) is 5.29. The van der Waals surface area contributed by atoms with Crippen LogP contribution in [0.15, 0.2) is 48.3 Å². The van der Waals surface area contributed by atoms with Crippen molar-refractivity contribution >= 4 is 34.6 Å². The van der Waals surface area contributed by atoms with Crippen molar-refractivity contribution in [2.45, 2.75) is 30.0 Å². The third kappa shape index (κ3) is 4.73. The molecule has 160 valence electrons. The molecule has 0 saturated carbocycles. The summed E-state index contributed by atoms with van der Waals surface area (Å²) in [5.41, 5.74) is -0.294. The van der Waals surface area contributed by atoms with Crippen LogP contribution in [0, 0.1) is 5.82 Å². The highest BCUT2D eigenvalue weighted by atomic mass is 35.5. The van der Waals surface area contributed by atoms with Crippen LogP contribution in [0.5, 0.6) is 0 Å². The Kier molecular flexibility index (Phi) is 6.62. The molecule has 0 radical (unpaired) electrons. The van der Waals surface area contributed by atoms with Crippen LogP contribution in [0.1, 0.15) is 22.3 Å². The second kappa shape index (κ2) is 8.86. The minimum Gasteiger partial charge on any atom is -0.467 e. The van der Waals surface area contributed by atoms with E-state index in [-0.39, 0.29) is 35.4 Å². The van der Waals surface area contributed by atoms with Crippen LogP contribution in [0.25, 0.3) is 5.57 Å². The maximum Gasteiger partial charge on any atom is 0.416 e. The molecule has 30 heavy (non-hydrogen) atoms. The first-order chi connectivity index (χ1) is 14.1. The molecule has 1 heterocycles. The molecule has 9 heteroatoms. The van der Waals surface area contributed by atoms with Crippen LogP contribution in [-0.4, -0.2) is 23.8 Å². The van der Waals surface area contributed by atoms with Gasteiger partial charge in [-0.3, -0.25) is 4.79 Å². The van der Waals surface area contributed by atoms with Gasteiger partial charge >= 0.3 is 6.18 Å². The number of carbonyl (C=O) groups is 1. The monoisotopic (exact) mass is 461 g/mol. The number of hydrogen-bond acceptors (Lipinski definition) is 3. The fourth-order valence-electron chi connectivity index (χ4n) is 3.28. The molecule has 2 aromatic rings. The molecular weight excluding hydrogens is 445 g/mol. The summed E-state index contributed by atoms with van der Waals surface area (Å²) in [5, 5.41) is 2.70. The topological polar surface area (TPSA) is 38.3 Å². The lowest BCUT2D eigenvalue weighted by Gasteiger charge is -2.14. The van der Waals surface area contributed by atoms with Gasteiger partial charge in [0.15, 0.2) is 12.0 Å². The molecule has 1 aliphatic heterocycles. The number of carbonyl (C=O) groups excluding carboxylic acids is 1. The van der Waals surface area contributed by atoms with Crippen molar-refractivity contribution in [2.75, 3.05) is 7.05 Å². The van der Waals surface area contributed by atoms with Crippen LogP contribution in [0.2, 0.25) is 0 Å². The summed E-state index contributed by atoms with van der Waals surface area (Å²) in [7, 11) is 1.49. The molecule has 3 nitrogen and oxygen atoms in total. The molecule has 1 N–H and O–H groups in total. The molecule has 0 aliphatic carbocycles. The number of halogens is 6. The minimum absolute atomic E-state index is 0.00765. The maximum absolute atomic E-state index is 14.8. The van der Waals surface area contributed by atoms with Gasteiger partial charge in [0.1, 0.15) is 10.7 Å². The number of alkyl halides is 5. The lowest BCUT2D eigenvalue weighted by molar-refractivity contribution is -0.137. The van der Waals surface area contributed by atoms with Gasteiger partial charge in [-0.05, 0) is 28.8 Å². The van der Waals surface area contributed by atoms with Gasteiger partial charge in [0.2, 0.25) is 5.78 Å². The van der Waals surface area contributed by atoms with Gasteiger partial charge in [-0.1, -0.05) is 30.3 Å². The van der Waals surface area contributed by atoms with Crippen LogP contribution in [0.4, 0.5) is 17.6 Å². The third-order valence-corrected chi connectivity index (χ3v) is 4.98. The highest BCUT2D eigenvalue weighted by Crippen LogP contribution is 2.35. The molecule has 3 rings (SSSR count). The first kappa shape index (κ1) is 22.4. The molecule has 0 amide bonds. The number of ketones is 1. The Hall–Kier alpha value is -2.25. The lowest BCUT2D eigenvalue weighted by Crippen LogP contribution is -2.22. The number of hydrogen-bond donors (Lipinski definition) is 1. The molecule has 0 saturated heterocycles. The first-order valence-electron chi connectivity index (χ1n) is 8.96. The number of nitrogens with one attached hydrogen (secondary N) is 1. The molecular formula is C21H17Cl2F4NO2. The van der Waals surface area contributed by atoms with Gasteiger partial charge < -0.3 is 10.1 Å². The number of benzene rings is 2. The van der Waals surface area contributed by atoms with Gasteiger partial charge in [-0.15, -0.1) is 23.2 Å². The van der Waals surface area contributed by atoms with Crippen LogP contribution < -0.4 is 5.32 Å². The van der Waals surface area contributed by atoms with Crippen LogP contribution in [-0.2, 0) is 28.5 Å². The van der Waals surface area contributed by atoms with Crippen molar-refractivity contribution in [3.63, 3.8) is 0 Å². The van der Waals surface area contributed by atoms with E-state index in [1.165, 1.54) is 25.2 Å². The van der Waals surface area contributed by atoms with Crippen molar-refractivity contribution in [1.82, 2.24) is 5.32 Å². The van der Waals surface area contributed by atoms with E-state index in [0.29, 0.717) is 5.56 Å². The van der Waals surface area contributed by atoms with E-state index in [1.807, 2.05) is 0 Å². The van der Waals surface area contributed by atoms with Gasteiger partial charge in [-0.2, -0.15) is 13.2 Å². The number of ether oxygens (including phenoxy) is 1. The van der Waals surface area contributed by atoms with Gasteiger partial charge in [-0.25, -0.2) is 4.39 Å². The van der Waals surface area contributed by atoms with E-state index in [9.17, 15) is 22.4 Å². The first-order valence-corrected chi connectivity index (χ1v) is 9.84. The fraction of sp³-hybridized carbons (Fsp3) is 0.286. The zero-order chi connectivity index (χ0) is 22.1. The highest BCUT2D eigenvalue weighted by molar-refractivity contribution is 6.44. The van der Waals surface area contributed by atoms with E-state index in [4.69, 9.17) is 27.9 Å². The van der Waals surface area contributed by atoms with Gasteiger partial charge in [0.25, 0.3) is 0 Å². The zero-order valence-corrected chi connectivity index (χ0v) is 17.2. The smallest absolute Gasteiger partial charge is 0.416 e. The number of Topliss-reactive ketones (excluding diaryl/α,β-unsaturated/α-hetero) is 1. The predicted molar refractivity (Wildman–Crippen MR) is 107 cm³/mol. The maximum atomic E-state index is 14.8. The lowest BCUT2D eigenvalue weighted by atomic mass is 9.95. The minimum atomic E-state index is -4.55. The van der Waals surface area contributed by atoms with E-state index in [0.717, 1.165) is 12.1 Å². The second-order valence-corrected chi connectivity index (χ2v) is 7.97. The van der Waals surface area contributed by atoms with Crippen molar-refractivity contribution in [2.24, 2.45) is 0 Å². The van der Waals surface area contributed by atoms with Gasteiger partial charge in [0.05, 0.1) is 11.1 Å². The summed E-state index contributed by atoms with van der Waals surface area (Å²) < 4.78 is 59.6. The largest absolute Gasteiger partial charge is 0.467 e. The van der Waals surface area contributed by atoms with E-state index in [1.54, 1.807) is 12.1 Å². The molecule has 0 aromatic heterocycles. The molecule has 0 bridgehead atoms. The van der Waals surface area contributed by atoms with Crippen LogP contribution >= 0.6 is 23.2 Å². The molecule has 0 fully saturated rings. The van der Waals surface area contributed by atoms with Crippen molar-refractivity contribution in [3.05, 3.63) is 76.4 Å². The van der Waals surface area contributed by atoms with Crippen molar-refractivity contribution in [1.29, 1.82) is 0 Å². The molecule has 2 aromatic carbocycles. The van der Waals surface area contributed by atoms with Crippen molar-refractivity contribution < 1.29 is 27.1 Å². The Morgan fingerprint density at radius 3 is 2.43 bits per heavy atom.